The fourth-order valence-corrected chi connectivity index (χ4v) is 4.38. The van der Waals surface area contributed by atoms with Crippen molar-refractivity contribution in [3.63, 3.8) is 0 Å². The molecular formula is C17H30N2O. The first kappa shape index (κ1) is 14.4. The predicted octanol–water partition coefficient (Wildman–Crippen LogP) is 3.36. The molecule has 0 aromatic heterocycles. The largest absolute Gasteiger partial charge is 0.335 e. The minimum absolute atomic E-state index is 0.294. The van der Waals surface area contributed by atoms with Crippen molar-refractivity contribution in [2.45, 2.75) is 101 Å². The van der Waals surface area contributed by atoms with Crippen LogP contribution in [0.1, 0.15) is 83.5 Å². The van der Waals surface area contributed by atoms with E-state index in [1.165, 1.54) is 64.2 Å². The number of carbonyl (C=O) groups is 1. The van der Waals surface area contributed by atoms with Gasteiger partial charge in [-0.1, -0.05) is 38.5 Å². The molecule has 3 fully saturated rings. The lowest BCUT2D eigenvalue weighted by Crippen LogP contribution is -2.63. The molecule has 3 heteroatoms. The SMILES string of the molecule is NC1(C(=O)N(C2CCCCC2)C2CCCCC2)CCC1. The van der Waals surface area contributed by atoms with Crippen LogP contribution in [0.15, 0.2) is 0 Å². The van der Waals surface area contributed by atoms with Crippen LogP contribution in [0.4, 0.5) is 0 Å². The van der Waals surface area contributed by atoms with Crippen LogP contribution in [0.3, 0.4) is 0 Å². The normalized spacial score (nSPS) is 27.9. The van der Waals surface area contributed by atoms with Crippen LogP contribution in [0.5, 0.6) is 0 Å². The Hall–Kier alpha value is -0.570. The van der Waals surface area contributed by atoms with Gasteiger partial charge >= 0.3 is 0 Å². The lowest BCUT2D eigenvalue weighted by Gasteiger charge is -2.48. The molecule has 0 aromatic carbocycles. The van der Waals surface area contributed by atoms with Crippen molar-refractivity contribution in [3.8, 4) is 0 Å². The highest BCUT2D eigenvalue weighted by atomic mass is 16.2. The quantitative estimate of drug-likeness (QED) is 0.860. The van der Waals surface area contributed by atoms with Crippen molar-refractivity contribution < 1.29 is 4.79 Å². The number of nitrogens with two attached hydrogens (primary N) is 1. The van der Waals surface area contributed by atoms with Crippen LogP contribution in [0.2, 0.25) is 0 Å². The Balaban J connectivity index is 1.76. The molecule has 20 heavy (non-hydrogen) atoms. The minimum atomic E-state index is -0.505. The van der Waals surface area contributed by atoms with Crippen LogP contribution in [-0.4, -0.2) is 28.4 Å². The number of rotatable bonds is 3. The molecule has 0 saturated heterocycles. The zero-order valence-corrected chi connectivity index (χ0v) is 12.8. The van der Waals surface area contributed by atoms with Crippen LogP contribution in [0.25, 0.3) is 0 Å². The average Bonchev–Trinajstić information content (AvgIpc) is 2.47. The van der Waals surface area contributed by atoms with Crippen molar-refractivity contribution in [1.82, 2.24) is 4.90 Å². The first-order valence-electron chi connectivity index (χ1n) is 8.82. The molecule has 0 bridgehead atoms. The minimum Gasteiger partial charge on any atom is -0.335 e. The maximum absolute atomic E-state index is 13.0. The van der Waals surface area contributed by atoms with E-state index in [1.807, 2.05) is 0 Å². The van der Waals surface area contributed by atoms with Crippen LogP contribution in [0, 0.1) is 0 Å². The van der Waals surface area contributed by atoms with E-state index in [-0.39, 0.29) is 0 Å². The summed E-state index contributed by atoms with van der Waals surface area (Å²) in [6, 6.07) is 0.973. The summed E-state index contributed by atoms with van der Waals surface area (Å²) in [7, 11) is 0. The van der Waals surface area contributed by atoms with Gasteiger partial charge in [0.25, 0.3) is 0 Å². The Morgan fingerprint density at radius 1 is 0.800 bits per heavy atom. The summed E-state index contributed by atoms with van der Waals surface area (Å²) < 4.78 is 0. The fourth-order valence-electron chi connectivity index (χ4n) is 4.38. The number of hydrogen-bond acceptors (Lipinski definition) is 2. The molecule has 114 valence electrons. The molecule has 3 aliphatic carbocycles. The molecule has 0 spiro atoms. The maximum Gasteiger partial charge on any atom is 0.243 e. The first-order valence-corrected chi connectivity index (χ1v) is 8.82. The summed E-state index contributed by atoms with van der Waals surface area (Å²) in [5.41, 5.74) is 5.86. The second-order valence-electron chi connectivity index (χ2n) is 7.31. The second-order valence-corrected chi connectivity index (χ2v) is 7.31. The van der Waals surface area contributed by atoms with Gasteiger partial charge in [-0.15, -0.1) is 0 Å². The number of amides is 1. The Bertz CT molecular complexity index is 321. The molecular weight excluding hydrogens is 248 g/mol. The summed E-state index contributed by atoms with van der Waals surface area (Å²) in [4.78, 5) is 15.3. The van der Waals surface area contributed by atoms with Crippen LogP contribution >= 0.6 is 0 Å². The molecule has 3 rings (SSSR count). The smallest absolute Gasteiger partial charge is 0.243 e. The van der Waals surface area contributed by atoms with Crippen molar-refractivity contribution >= 4 is 5.91 Å². The van der Waals surface area contributed by atoms with Gasteiger partial charge in [0.1, 0.15) is 0 Å². The number of nitrogens with zero attached hydrogens (tertiary/aromatic N) is 1. The molecule has 3 aliphatic rings. The maximum atomic E-state index is 13.0. The topological polar surface area (TPSA) is 46.3 Å². The van der Waals surface area contributed by atoms with E-state index in [9.17, 15) is 4.79 Å². The zero-order valence-electron chi connectivity index (χ0n) is 12.8. The Morgan fingerprint density at radius 3 is 1.60 bits per heavy atom. The Kier molecular flexibility index (Phi) is 4.34. The summed E-state index contributed by atoms with van der Waals surface area (Å²) in [5.74, 6) is 0.294. The highest BCUT2D eigenvalue weighted by Gasteiger charge is 2.46. The van der Waals surface area contributed by atoms with Crippen LogP contribution < -0.4 is 5.73 Å². The third-order valence-electron chi connectivity index (χ3n) is 5.84. The van der Waals surface area contributed by atoms with Crippen molar-refractivity contribution in [2.75, 3.05) is 0 Å². The highest BCUT2D eigenvalue weighted by molar-refractivity contribution is 5.87. The van der Waals surface area contributed by atoms with Gasteiger partial charge in [-0.3, -0.25) is 4.79 Å². The fraction of sp³-hybridized carbons (Fsp3) is 0.941. The van der Waals surface area contributed by atoms with E-state index >= 15 is 0 Å². The standard InChI is InChI=1S/C17H30N2O/c18-17(12-7-13-17)16(20)19(14-8-3-1-4-9-14)15-10-5-2-6-11-15/h14-15H,1-13,18H2. The van der Waals surface area contributed by atoms with Gasteiger partial charge in [0.2, 0.25) is 5.91 Å². The second kappa shape index (κ2) is 6.05. The van der Waals surface area contributed by atoms with Gasteiger partial charge in [0.05, 0.1) is 5.54 Å². The lowest BCUT2D eigenvalue weighted by molar-refractivity contribution is -0.147. The molecule has 0 atom stereocenters. The van der Waals surface area contributed by atoms with Gasteiger partial charge in [-0.25, -0.2) is 0 Å². The molecule has 0 radical (unpaired) electrons. The van der Waals surface area contributed by atoms with E-state index in [2.05, 4.69) is 4.90 Å². The molecule has 2 N–H and O–H groups in total. The van der Waals surface area contributed by atoms with E-state index in [1.54, 1.807) is 0 Å². The molecule has 0 unspecified atom stereocenters. The van der Waals surface area contributed by atoms with Crippen LogP contribution in [-0.2, 0) is 4.79 Å². The monoisotopic (exact) mass is 278 g/mol. The Labute approximate surface area is 123 Å². The predicted molar refractivity (Wildman–Crippen MR) is 81.4 cm³/mol. The van der Waals surface area contributed by atoms with Gasteiger partial charge < -0.3 is 10.6 Å². The summed E-state index contributed by atoms with van der Waals surface area (Å²) in [6.07, 6.45) is 15.6. The molecule has 0 aliphatic heterocycles. The molecule has 0 aromatic rings. The van der Waals surface area contributed by atoms with E-state index in [4.69, 9.17) is 5.73 Å². The highest BCUT2D eigenvalue weighted by Crippen LogP contribution is 2.37. The third-order valence-corrected chi connectivity index (χ3v) is 5.84. The van der Waals surface area contributed by atoms with E-state index in [0.717, 1.165) is 19.3 Å². The van der Waals surface area contributed by atoms with E-state index in [0.29, 0.717) is 18.0 Å². The summed E-state index contributed by atoms with van der Waals surface area (Å²) in [5, 5.41) is 0. The van der Waals surface area contributed by atoms with Gasteiger partial charge in [-0.2, -0.15) is 0 Å². The zero-order chi connectivity index (χ0) is 14.0. The van der Waals surface area contributed by atoms with Crippen molar-refractivity contribution in [1.29, 1.82) is 0 Å². The molecule has 3 saturated carbocycles. The Morgan fingerprint density at radius 2 is 1.25 bits per heavy atom. The average molecular weight is 278 g/mol. The molecule has 0 heterocycles. The molecule has 1 amide bonds. The lowest BCUT2D eigenvalue weighted by atomic mass is 9.75. The molecule has 3 nitrogen and oxygen atoms in total. The van der Waals surface area contributed by atoms with Gasteiger partial charge in [-0.05, 0) is 44.9 Å². The number of carbonyl (C=O) groups excluding carboxylic acids is 1. The van der Waals surface area contributed by atoms with Crippen molar-refractivity contribution in [3.05, 3.63) is 0 Å². The van der Waals surface area contributed by atoms with E-state index < -0.39 is 5.54 Å². The number of hydrogen-bond donors (Lipinski definition) is 1. The summed E-state index contributed by atoms with van der Waals surface area (Å²) in [6.45, 7) is 0. The van der Waals surface area contributed by atoms with Gasteiger partial charge in [0, 0.05) is 12.1 Å². The van der Waals surface area contributed by atoms with Crippen molar-refractivity contribution in [2.24, 2.45) is 5.73 Å². The first-order chi connectivity index (χ1) is 9.71. The summed E-state index contributed by atoms with van der Waals surface area (Å²) >= 11 is 0. The van der Waals surface area contributed by atoms with Gasteiger partial charge in [0.15, 0.2) is 0 Å². The third kappa shape index (κ3) is 2.74.